The summed E-state index contributed by atoms with van der Waals surface area (Å²) in [6, 6.07) is 10.5. The first-order chi connectivity index (χ1) is 12.5. The second kappa shape index (κ2) is 8.19. The molecule has 0 bridgehead atoms. The number of Topliss-reactive ketones (excluding diaryl/α,β-unsaturated/α-hetero) is 1. The second-order valence-corrected chi connectivity index (χ2v) is 6.62. The molecule has 0 radical (unpaired) electrons. The van der Waals surface area contributed by atoms with Gasteiger partial charge in [0.1, 0.15) is 5.82 Å². The number of halogens is 1. The lowest BCUT2D eigenvalue weighted by atomic mass is 9.76. The topological polar surface area (TPSA) is 79.3 Å². The summed E-state index contributed by atoms with van der Waals surface area (Å²) in [5.41, 5.74) is 1.14. The summed E-state index contributed by atoms with van der Waals surface area (Å²) in [5, 5.41) is 12.5. The molecule has 2 aromatic rings. The number of aliphatic hydroxyl groups is 1. The fourth-order valence-corrected chi connectivity index (χ4v) is 3.15. The number of hydrogen-bond acceptors (Lipinski definition) is 4. The maximum absolute atomic E-state index is 12.9. The minimum Gasteiger partial charge on any atom is -0.393 e. The zero-order valence-corrected chi connectivity index (χ0v) is 14.3. The van der Waals surface area contributed by atoms with Crippen LogP contribution in [-0.4, -0.2) is 27.9 Å². The van der Waals surface area contributed by atoms with Gasteiger partial charge in [0.05, 0.1) is 17.8 Å². The number of aliphatic hydroxyl groups excluding tert-OH is 1. The first-order valence-electron chi connectivity index (χ1n) is 8.70. The van der Waals surface area contributed by atoms with Crippen molar-refractivity contribution in [1.82, 2.24) is 10.3 Å². The number of benzene rings is 1. The van der Waals surface area contributed by atoms with Crippen LogP contribution in [-0.2, 0) is 4.79 Å². The van der Waals surface area contributed by atoms with Crippen molar-refractivity contribution in [2.24, 2.45) is 5.92 Å². The number of ketones is 1. The van der Waals surface area contributed by atoms with E-state index in [0.29, 0.717) is 18.4 Å². The summed E-state index contributed by atoms with van der Waals surface area (Å²) in [6.07, 6.45) is 2.69. The van der Waals surface area contributed by atoms with E-state index in [2.05, 4.69) is 10.3 Å². The largest absolute Gasteiger partial charge is 0.393 e. The lowest BCUT2D eigenvalue weighted by molar-refractivity contribution is -0.123. The molecule has 2 N–H and O–H groups in total. The van der Waals surface area contributed by atoms with Gasteiger partial charge in [0.15, 0.2) is 5.78 Å². The molecule has 0 saturated heterocycles. The van der Waals surface area contributed by atoms with Crippen LogP contribution in [0.1, 0.15) is 47.8 Å². The van der Waals surface area contributed by atoms with Crippen molar-refractivity contribution in [3.8, 4) is 0 Å². The quantitative estimate of drug-likeness (QED) is 0.748. The fraction of sp³-hybridized carbons (Fsp3) is 0.350. The molecule has 1 atom stereocenters. The maximum Gasteiger partial charge on any atom is 0.220 e. The molecule has 0 aliphatic heterocycles. The van der Waals surface area contributed by atoms with Crippen LogP contribution in [0.15, 0.2) is 48.7 Å². The number of aromatic nitrogens is 1. The van der Waals surface area contributed by atoms with Crippen LogP contribution >= 0.6 is 0 Å². The Morgan fingerprint density at radius 3 is 2.50 bits per heavy atom. The van der Waals surface area contributed by atoms with Crippen LogP contribution in [0.5, 0.6) is 0 Å². The SMILES string of the molecule is O=C(CCC(=O)c1ccc(F)cc1)N[C@H](c1ccccn1)C1CC(O)C1. The first-order valence-corrected chi connectivity index (χ1v) is 8.70. The molecule has 0 unspecified atom stereocenters. The lowest BCUT2D eigenvalue weighted by Gasteiger charge is -2.37. The lowest BCUT2D eigenvalue weighted by Crippen LogP contribution is -2.41. The minimum atomic E-state index is -0.403. The molecule has 136 valence electrons. The van der Waals surface area contributed by atoms with Crippen LogP contribution in [0.25, 0.3) is 0 Å². The molecule has 1 aliphatic carbocycles. The zero-order chi connectivity index (χ0) is 18.5. The Hall–Kier alpha value is -2.60. The molecule has 0 spiro atoms. The molecule has 1 aromatic carbocycles. The van der Waals surface area contributed by atoms with Gasteiger partial charge < -0.3 is 10.4 Å². The van der Waals surface area contributed by atoms with E-state index in [4.69, 9.17) is 0 Å². The van der Waals surface area contributed by atoms with E-state index in [1.807, 2.05) is 12.1 Å². The normalized spacial score (nSPS) is 20.1. The predicted octanol–water partition coefficient (Wildman–Crippen LogP) is 2.81. The molecule has 1 amide bonds. The van der Waals surface area contributed by atoms with Gasteiger partial charge in [0.25, 0.3) is 0 Å². The van der Waals surface area contributed by atoms with Crippen LogP contribution in [0, 0.1) is 11.7 Å². The van der Waals surface area contributed by atoms with Crippen molar-refractivity contribution < 1.29 is 19.1 Å². The third-order valence-corrected chi connectivity index (χ3v) is 4.69. The number of carbonyl (C=O) groups excluding carboxylic acids is 2. The molecule has 1 saturated carbocycles. The zero-order valence-electron chi connectivity index (χ0n) is 14.3. The van der Waals surface area contributed by atoms with Gasteiger partial charge in [-0.2, -0.15) is 0 Å². The standard InChI is InChI=1S/C20H21FN2O3/c21-15-6-4-13(5-7-15)18(25)8-9-19(26)23-20(14-11-16(24)12-14)17-3-1-2-10-22-17/h1-7,10,14,16,20,24H,8-9,11-12H2,(H,23,26)/t14?,16?,20-/m0/s1. The van der Waals surface area contributed by atoms with Gasteiger partial charge in [-0.1, -0.05) is 6.07 Å². The molecule has 1 fully saturated rings. The fourth-order valence-electron chi connectivity index (χ4n) is 3.15. The van der Waals surface area contributed by atoms with Crippen molar-refractivity contribution in [3.05, 3.63) is 65.7 Å². The number of hydrogen-bond donors (Lipinski definition) is 2. The van der Waals surface area contributed by atoms with Crippen molar-refractivity contribution in [2.45, 2.75) is 37.8 Å². The van der Waals surface area contributed by atoms with E-state index in [0.717, 1.165) is 5.69 Å². The summed E-state index contributed by atoms with van der Waals surface area (Å²) in [5.74, 6) is -0.706. The van der Waals surface area contributed by atoms with Crippen molar-refractivity contribution in [3.63, 3.8) is 0 Å². The van der Waals surface area contributed by atoms with E-state index < -0.39 is 5.82 Å². The Kier molecular flexibility index (Phi) is 5.73. The Morgan fingerprint density at radius 2 is 1.88 bits per heavy atom. The average molecular weight is 356 g/mol. The Labute approximate surface area is 151 Å². The molecule has 1 aromatic heterocycles. The van der Waals surface area contributed by atoms with Crippen LogP contribution in [0.3, 0.4) is 0 Å². The smallest absolute Gasteiger partial charge is 0.220 e. The highest BCUT2D eigenvalue weighted by Crippen LogP contribution is 2.37. The van der Waals surface area contributed by atoms with Crippen LogP contribution in [0.2, 0.25) is 0 Å². The van der Waals surface area contributed by atoms with Crippen molar-refractivity contribution in [2.75, 3.05) is 0 Å². The Morgan fingerprint density at radius 1 is 1.15 bits per heavy atom. The van der Waals surface area contributed by atoms with Crippen molar-refractivity contribution in [1.29, 1.82) is 0 Å². The molecule has 1 heterocycles. The van der Waals surface area contributed by atoms with Gasteiger partial charge in [-0.15, -0.1) is 0 Å². The third kappa shape index (κ3) is 4.52. The molecule has 6 heteroatoms. The highest BCUT2D eigenvalue weighted by atomic mass is 19.1. The first kappa shape index (κ1) is 18.2. The summed E-state index contributed by atoms with van der Waals surface area (Å²) < 4.78 is 12.9. The van der Waals surface area contributed by atoms with Gasteiger partial charge in [-0.25, -0.2) is 4.39 Å². The summed E-state index contributed by atoms with van der Waals surface area (Å²) in [4.78, 5) is 28.8. The van der Waals surface area contributed by atoms with Gasteiger partial charge in [-0.05, 0) is 55.2 Å². The van der Waals surface area contributed by atoms with E-state index >= 15 is 0 Å². The summed E-state index contributed by atoms with van der Waals surface area (Å²) >= 11 is 0. The number of rotatable bonds is 7. The molecule has 5 nitrogen and oxygen atoms in total. The van der Waals surface area contributed by atoms with Crippen molar-refractivity contribution >= 4 is 11.7 Å². The predicted molar refractivity (Wildman–Crippen MR) is 93.8 cm³/mol. The van der Waals surface area contributed by atoms with Gasteiger partial charge in [-0.3, -0.25) is 14.6 Å². The number of carbonyl (C=O) groups is 2. The molecule has 1 aliphatic rings. The number of nitrogens with one attached hydrogen (secondary N) is 1. The van der Waals surface area contributed by atoms with Gasteiger partial charge in [0, 0.05) is 24.6 Å². The highest BCUT2D eigenvalue weighted by Gasteiger charge is 2.36. The van der Waals surface area contributed by atoms with E-state index in [9.17, 15) is 19.1 Å². The molecule has 26 heavy (non-hydrogen) atoms. The third-order valence-electron chi connectivity index (χ3n) is 4.69. The van der Waals surface area contributed by atoms with Gasteiger partial charge in [0.2, 0.25) is 5.91 Å². The minimum absolute atomic E-state index is 0.0504. The monoisotopic (exact) mass is 356 g/mol. The van der Waals surface area contributed by atoms with E-state index in [1.165, 1.54) is 24.3 Å². The number of pyridine rings is 1. The summed E-state index contributed by atoms with van der Waals surface area (Å²) in [6.45, 7) is 0. The Bertz CT molecular complexity index is 758. The molecular formula is C20H21FN2O3. The summed E-state index contributed by atoms with van der Waals surface area (Å²) in [7, 11) is 0. The number of nitrogens with zero attached hydrogens (tertiary/aromatic N) is 1. The van der Waals surface area contributed by atoms with E-state index in [1.54, 1.807) is 12.3 Å². The Balaban J connectivity index is 1.57. The molecule has 3 rings (SSSR count). The average Bonchev–Trinajstić information content (AvgIpc) is 2.63. The maximum atomic E-state index is 12.9. The van der Waals surface area contributed by atoms with Crippen LogP contribution < -0.4 is 5.32 Å². The van der Waals surface area contributed by atoms with E-state index in [-0.39, 0.29) is 42.6 Å². The number of amides is 1. The molecular weight excluding hydrogens is 335 g/mol. The van der Waals surface area contributed by atoms with Crippen LogP contribution in [0.4, 0.5) is 4.39 Å². The second-order valence-electron chi connectivity index (χ2n) is 6.62. The van der Waals surface area contributed by atoms with Gasteiger partial charge >= 0.3 is 0 Å². The highest BCUT2D eigenvalue weighted by molar-refractivity contribution is 5.97.